The van der Waals surface area contributed by atoms with E-state index in [9.17, 15) is 9.59 Å². The zero-order valence-electron chi connectivity index (χ0n) is 12.1. The minimum Gasteiger partial charge on any atom is -0.482 e. The molecule has 0 fully saturated rings. The van der Waals surface area contributed by atoms with E-state index in [4.69, 9.17) is 15.1 Å². The van der Waals surface area contributed by atoms with E-state index in [-0.39, 0.29) is 19.1 Å². The van der Waals surface area contributed by atoms with Gasteiger partial charge in [0.25, 0.3) is 5.91 Å². The summed E-state index contributed by atoms with van der Waals surface area (Å²) in [5, 5.41) is 17.8. The summed E-state index contributed by atoms with van der Waals surface area (Å²) in [5.74, 6) is -1.02. The van der Waals surface area contributed by atoms with Crippen LogP contribution in [0.4, 0.5) is 0 Å². The van der Waals surface area contributed by atoms with Gasteiger partial charge in [0.05, 0.1) is 5.56 Å². The first kappa shape index (κ1) is 16.5. The van der Waals surface area contributed by atoms with Crippen LogP contribution in [0.25, 0.3) is 0 Å². The van der Waals surface area contributed by atoms with Crippen molar-refractivity contribution >= 4 is 11.9 Å². The summed E-state index contributed by atoms with van der Waals surface area (Å²) in [6, 6.07) is 8.54. The van der Waals surface area contributed by atoms with Gasteiger partial charge in [-0.05, 0) is 18.1 Å². The highest BCUT2D eigenvalue weighted by atomic mass is 16.5. The molecule has 21 heavy (non-hydrogen) atoms. The van der Waals surface area contributed by atoms with Gasteiger partial charge in [0.1, 0.15) is 18.4 Å². The third-order valence-corrected chi connectivity index (χ3v) is 2.62. The lowest BCUT2D eigenvalue weighted by Gasteiger charge is -2.22. The lowest BCUT2D eigenvalue weighted by atomic mass is 10.2. The maximum absolute atomic E-state index is 12.0. The molecule has 0 saturated carbocycles. The maximum Gasteiger partial charge on any atom is 0.323 e. The quantitative estimate of drug-likeness (QED) is 0.822. The highest BCUT2D eigenvalue weighted by Crippen LogP contribution is 2.16. The van der Waals surface area contributed by atoms with Crippen LogP contribution in [0.5, 0.6) is 5.75 Å². The van der Waals surface area contributed by atoms with Crippen LogP contribution in [0.15, 0.2) is 24.3 Å². The third-order valence-electron chi connectivity index (χ3n) is 2.62. The summed E-state index contributed by atoms with van der Waals surface area (Å²) < 4.78 is 5.33. The average Bonchev–Trinajstić information content (AvgIpc) is 2.43. The summed E-state index contributed by atoms with van der Waals surface area (Å²) in [4.78, 5) is 24.1. The Balaban J connectivity index is 2.69. The minimum absolute atomic E-state index is 0.152. The number of hydrogen-bond donors (Lipinski definition) is 1. The predicted octanol–water partition coefficient (Wildman–Crippen LogP) is 1.51. The number of ether oxygens (including phenoxy) is 1. The maximum atomic E-state index is 12.0. The Morgan fingerprint density at radius 2 is 2.05 bits per heavy atom. The molecule has 0 unspecified atom stereocenters. The monoisotopic (exact) mass is 290 g/mol. The van der Waals surface area contributed by atoms with Crippen LogP contribution in [-0.2, 0) is 9.59 Å². The molecule has 112 valence electrons. The van der Waals surface area contributed by atoms with Crippen LogP contribution in [0.1, 0.15) is 19.4 Å². The van der Waals surface area contributed by atoms with Crippen molar-refractivity contribution in [3.05, 3.63) is 29.8 Å². The highest BCUT2D eigenvalue weighted by Gasteiger charge is 2.18. The molecule has 0 aromatic heterocycles. The van der Waals surface area contributed by atoms with Crippen LogP contribution < -0.4 is 4.74 Å². The molecule has 0 aliphatic carbocycles. The Morgan fingerprint density at radius 1 is 1.38 bits per heavy atom. The van der Waals surface area contributed by atoms with Gasteiger partial charge in [-0.25, -0.2) is 0 Å². The molecule has 1 aromatic carbocycles. The van der Waals surface area contributed by atoms with E-state index in [2.05, 4.69) is 0 Å². The molecule has 0 bridgehead atoms. The van der Waals surface area contributed by atoms with Gasteiger partial charge in [-0.1, -0.05) is 26.0 Å². The highest BCUT2D eigenvalue weighted by molar-refractivity contribution is 5.82. The molecule has 0 atom stereocenters. The number of rotatable bonds is 7. The first-order valence-electron chi connectivity index (χ1n) is 6.55. The summed E-state index contributed by atoms with van der Waals surface area (Å²) in [6.45, 7) is 3.48. The molecule has 0 heterocycles. The van der Waals surface area contributed by atoms with Gasteiger partial charge in [-0.3, -0.25) is 9.59 Å². The fraction of sp³-hybridized carbons (Fsp3) is 0.400. The number of carboxylic acids is 1. The first-order valence-corrected chi connectivity index (χ1v) is 6.55. The molecule has 6 nitrogen and oxygen atoms in total. The van der Waals surface area contributed by atoms with Crippen LogP contribution in [-0.4, -0.2) is 41.6 Å². The van der Waals surface area contributed by atoms with Crippen molar-refractivity contribution in [2.24, 2.45) is 5.92 Å². The van der Waals surface area contributed by atoms with E-state index in [1.54, 1.807) is 24.3 Å². The lowest BCUT2D eigenvalue weighted by molar-refractivity contribution is -0.145. The largest absolute Gasteiger partial charge is 0.482 e. The molecule has 1 N–H and O–H groups in total. The van der Waals surface area contributed by atoms with Gasteiger partial charge in [0.15, 0.2) is 6.61 Å². The molecule has 1 rings (SSSR count). The van der Waals surface area contributed by atoms with Crippen molar-refractivity contribution in [1.82, 2.24) is 4.90 Å². The number of carboxylic acid groups (broad SMARTS) is 1. The molecule has 0 radical (unpaired) electrons. The molecule has 1 amide bonds. The van der Waals surface area contributed by atoms with Gasteiger partial charge in [0, 0.05) is 6.54 Å². The second kappa shape index (κ2) is 7.90. The molecule has 0 spiro atoms. The fourth-order valence-corrected chi connectivity index (χ4v) is 1.77. The minimum atomic E-state index is -1.07. The van der Waals surface area contributed by atoms with Crippen molar-refractivity contribution in [2.75, 3.05) is 19.7 Å². The summed E-state index contributed by atoms with van der Waals surface area (Å²) in [7, 11) is 0. The van der Waals surface area contributed by atoms with Crippen molar-refractivity contribution in [1.29, 1.82) is 5.26 Å². The third kappa shape index (κ3) is 5.53. The fourth-order valence-electron chi connectivity index (χ4n) is 1.77. The van der Waals surface area contributed by atoms with E-state index >= 15 is 0 Å². The normalized spacial score (nSPS) is 10.0. The van der Waals surface area contributed by atoms with Gasteiger partial charge in [0.2, 0.25) is 0 Å². The van der Waals surface area contributed by atoms with E-state index in [1.807, 2.05) is 19.9 Å². The van der Waals surface area contributed by atoms with Gasteiger partial charge in [-0.15, -0.1) is 0 Å². The smallest absolute Gasteiger partial charge is 0.323 e. The van der Waals surface area contributed by atoms with Gasteiger partial charge >= 0.3 is 5.97 Å². The van der Waals surface area contributed by atoms with Crippen molar-refractivity contribution < 1.29 is 19.4 Å². The first-order chi connectivity index (χ1) is 9.93. The number of nitriles is 1. The Bertz CT molecular complexity index is 549. The standard InChI is InChI=1S/C15H18N2O4/c1-11(2)8-17(9-15(19)20)14(18)10-21-13-6-4-3-5-12(13)7-16/h3-6,11H,8-10H2,1-2H3,(H,19,20). The number of amides is 1. The number of aliphatic carboxylic acids is 1. The second-order valence-corrected chi connectivity index (χ2v) is 4.96. The van der Waals surface area contributed by atoms with Crippen molar-refractivity contribution in [3.8, 4) is 11.8 Å². The summed E-state index contributed by atoms with van der Waals surface area (Å²) in [5.41, 5.74) is 0.332. The van der Waals surface area contributed by atoms with E-state index in [0.717, 1.165) is 0 Å². The average molecular weight is 290 g/mol. The van der Waals surface area contributed by atoms with Gasteiger partial charge < -0.3 is 14.7 Å². The van der Waals surface area contributed by atoms with Gasteiger partial charge in [-0.2, -0.15) is 5.26 Å². The van der Waals surface area contributed by atoms with E-state index < -0.39 is 11.9 Å². The molecule has 0 saturated heterocycles. The van der Waals surface area contributed by atoms with Crippen LogP contribution in [0.2, 0.25) is 0 Å². The lowest BCUT2D eigenvalue weighted by Crippen LogP contribution is -2.40. The predicted molar refractivity (Wildman–Crippen MR) is 75.7 cm³/mol. The zero-order chi connectivity index (χ0) is 15.8. The number of hydrogen-bond acceptors (Lipinski definition) is 4. The second-order valence-electron chi connectivity index (χ2n) is 4.96. The number of carbonyl (C=O) groups is 2. The molecular formula is C15H18N2O4. The Labute approximate surface area is 123 Å². The number of nitrogens with zero attached hydrogens (tertiary/aromatic N) is 2. The molecule has 6 heteroatoms. The molecule has 0 aliphatic heterocycles. The number of carbonyl (C=O) groups excluding carboxylic acids is 1. The topological polar surface area (TPSA) is 90.6 Å². The van der Waals surface area contributed by atoms with Crippen LogP contribution in [0, 0.1) is 17.2 Å². The number of para-hydroxylation sites is 1. The van der Waals surface area contributed by atoms with E-state index in [0.29, 0.717) is 17.9 Å². The Hall–Kier alpha value is -2.55. The Kier molecular flexibility index (Phi) is 6.21. The summed E-state index contributed by atoms with van der Waals surface area (Å²) >= 11 is 0. The van der Waals surface area contributed by atoms with Crippen molar-refractivity contribution in [3.63, 3.8) is 0 Å². The SMILES string of the molecule is CC(C)CN(CC(=O)O)C(=O)COc1ccccc1C#N. The molecule has 1 aromatic rings. The zero-order valence-corrected chi connectivity index (χ0v) is 12.1. The van der Waals surface area contributed by atoms with E-state index in [1.165, 1.54) is 4.90 Å². The Morgan fingerprint density at radius 3 is 2.62 bits per heavy atom. The molecule has 0 aliphatic rings. The number of benzene rings is 1. The van der Waals surface area contributed by atoms with Crippen LogP contribution >= 0.6 is 0 Å². The molecular weight excluding hydrogens is 272 g/mol. The summed E-state index contributed by atoms with van der Waals surface area (Å²) in [6.07, 6.45) is 0. The van der Waals surface area contributed by atoms with Crippen LogP contribution in [0.3, 0.4) is 0 Å². The van der Waals surface area contributed by atoms with Crippen molar-refractivity contribution in [2.45, 2.75) is 13.8 Å².